The predicted molar refractivity (Wildman–Crippen MR) is 122 cm³/mol. The van der Waals surface area contributed by atoms with Gasteiger partial charge in [-0.1, -0.05) is 24.3 Å². The summed E-state index contributed by atoms with van der Waals surface area (Å²) in [5, 5.41) is 23.0. The average Bonchev–Trinajstić information content (AvgIpc) is 2.79. The van der Waals surface area contributed by atoms with E-state index >= 15 is 0 Å². The minimum Gasteiger partial charge on any atom is -0.489 e. The smallest absolute Gasteiger partial charge is 0.269 e. The van der Waals surface area contributed by atoms with Crippen molar-refractivity contribution in [1.29, 1.82) is 5.26 Å². The van der Waals surface area contributed by atoms with Crippen LogP contribution < -0.4 is 10.1 Å². The Balaban J connectivity index is 1.71. The van der Waals surface area contributed by atoms with Gasteiger partial charge in [-0.05, 0) is 72.5 Å². The second-order valence-electron chi connectivity index (χ2n) is 7.16. The highest BCUT2D eigenvalue weighted by atomic mass is 16.6. The van der Waals surface area contributed by atoms with Crippen LogP contribution in [0.15, 0.2) is 72.3 Å². The molecule has 0 heterocycles. The lowest BCUT2D eigenvalue weighted by Crippen LogP contribution is -2.14. The largest absolute Gasteiger partial charge is 0.489 e. The summed E-state index contributed by atoms with van der Waals surface area (Å²) in [4.78, 5) is 22.9. The Morgan fingerprint density at radius 1 is 1.12 bits per heavy atom. The van der Waals surface area contributed by atoms with Crippen LogP contribution in [0, 0.1) is 35.3 Å². The van der Waals surface area contributed by atoms with Crippen molar-refractivity contribution in [2.24, 2.45) is 0 Å². The summed E-state index contributed by atoms with van der Waals surface area (Å²) < 4.78 is 5.75. The van der Waals surface area contributed by atoms with Crippen molar-refractivity contribution in [3.8, 4) is 11.8 Å². The molecule has 0 saturated carbocycles. The molecule has 0 spiro atoms. The molecule has 3 rings (SSSR count). The number of nitro groups is 1. The van der Waals surface area contributed by atoms with E-state index in [1.54, 1.807) is 42.5 Å². The standard InChI is InChI=1S/C25H21N3O4/c1-17-5-3-8-24(18(17)2)27-25(29)21(15-26)13-20-6-4-7-23(14-20)32-16-19-9-11-22(12-10-19)28(30)31/h3-14H,16H2,1-2H3,(H,27,29)/b21-13-. The van der Waals surface area contributed by atoms with Crippen molar-refractivity contribution in [3.63, 3.8) is 0 Å². The molecule has 3 aromatic carbocycles. The van der Waals surface area contributed by atoms with Crippen molar-refractivity contribution in [2.75, 3.05) is 5.32 Å². The van der Waals surface area contributed by atoms with Crippen LogP contribution in [0.3, 0.4) is 0 Å². The van der Waals surface area contributed by atoms with E-state index in [4.69, 9.17) is 4.74 Å². The van der Waals surface area contributed by atoms with Gasteiger partial charge in [-0.3, -0.25) is 14.9 Å². The number of nitrogens with zero attached hydrogens (tertiary/aromatic N) is 2. The quantitative estimate of drug-likeness (QED) is 0.237. The third-order valence-corrected chi connectivity index (χ3v) is 4.94. The van der Waals surface area contributed by atoms with Crippen LogP contribution in [-0.2, 0) is 11.4 Å². The first kappa shape index (κ1) is 22.2. The minimum atomic E-state index is -0.488. The van der Waals surface area contributed by atoms with Crippen LogP contribution in [0.4, 0.5) is 11.4 Å². The molecule has 0 aliphatic rings. The normalized spacial score (nSPS) is 10.8. The van der Waals surface area contributed by atoms with Gasteiger partial charge in [0.15, 0.2) is 0 Å². The number of hydrogen-bond donors (Lipinski definition) is 1. The Kier molecular flexibility index (Phi) is 6.99. The summed E-state index contributed by atoms with van der Waals surface area (Å²) in [7, 11) is 0. The molecular weight excluding hydrogens is 406 g/mol. The van der Waals surface area contributed by atoms with Crippen LogP contribution in [0.1, 0.15) is 22.3 Å². The predicted octanol–water partition coefficient (Wildman–Crippen LogP) is 5.34. The van der Waals surface area contributed by atoms with Gasteiger partial charge in [-0.2, -0.15) is 5.26 Å². The van der Waals surface area contributed by atoms with Crippen molar-refractivity contribution in [3.05, 3.63) is 105 Å². The van der Waals surface area contributed by atoms with Gasteiger partial charge in [0.05, 0.1) is 4.92 Å². The fourth-order valence-electron chi connectivity index (χ4n) is 2.97. The molecule has 0 bridgehead atoms. The van der Waals surface area contributed by atoms with Gasteiger partial charge in [-0.15, -0.1) is 0 Å². The molecular formula is C25H21N3O4. The molecule has 7 nitrogen and oxygen atoms in total. The van der Waals surface area contributed by atoms with E-state index < -0.39 is 10.8 Å². The summed E-state index contributed by atoms with van der Waals surface area (Å²) in [6, 6.07) is 20.6. The molecule has 0 saturated heterocycles. The Morgan fingerprint density at radius 3 is 2.53 bits per heavy atom. The third kappa shape index (κ3) is 5.58. The number of nitro benzene ring substituents is 1. The molecule has 0 aromatic heterocycles. The van der Waals surface area contributed by atoms with E-state index in [1.165, 1.54) is 18.2 Å². The molecule has 3 aromatic rings. The van der Waals surface area contributed by atoms with E-state index in [9.17, 15) is 20.2 Å². The number of hydrogen-bond acceptors (Lipinski definition) is 5. The molecule has 7 heteroatoms. The summed E-state index contributed by atoms with van der Waals surface area (Å²) >= 11 is 0. The van der Waals surface area contributed by atoms with Crippen LogP contribution in [0.25, 0.3) is 6.08 Å². The van der Waals surface area contributed by atoms with Gasteiger partial charge < -0.3 is 10.1 Å². The van der Waals surface area contributed by atoms with Crippen LogP contribution in [-0.4, -0.2) is 10.8 Å². The number of nitriles is 1. The Labute approximate surface area is 185 Å². The number of aryl methyl sites for hydroxylation is 1. The summed E-state index contributed by atoms with van der Waals surface area (Å²) in [5.74, 6) is 0.0581. The van der Waals surface area contributed by atoms with Crippen LogP contribution in [0.2, 0.25) is 0 Å². The van der Waals surface area contributed by atoms with E-state index in [0.717, 1.165) is 16.7 Å². The Morgan fingerprint density at radius 2 is 1.84 bits per heavy atom. The maximum atomic E-state index is 12.6. The maximum absolute atomic E-state index is 12.6. The zero-order valence-corrected chi connectivity index (χ0v) is 17.7. The molecule has 160 valence electrons. The number of carbonyl (C=O) groups is 1. The van der Waals surface area contributed by atoms with Crippen molar-refractivity contribution < 1.29 is 14.5 Å². The van der Waals surface area contributed by atoms with E-state index in [-0.39, 0.29) is 17.9 Å². The number of ether oxygens (including phenoxy) is 1. The number of nitrogens with one attached hydrogen (secondary N) is 1. The van der Waals surface area contributed by atoms with E-state index in [1.807, 2.05) is 32.0 Å². The third-order valence-electron chi connectivity index (χ3n) is 4.94. The van der Waals surface area contributed by atoms with Crippen molar-refractivity contribution >= 4 is 23.4 Å². The maximum Gasteiger partial charge on any atom is 0.269 e. The first-order valence-corrected chi connectivity index (χ1v) is 9.83. The fourth-order valence-corrected chi connectivity index (χ4v) is 2.97. The van der Waals surface area contributed by atoms with Crippen molar-refractivity contribution in [2.45, 2.75) is 20.5 Å². The average molecular weight is 427 g/mol. The number of non-ortho nitro benzene ring substituents is 1. The lowest BCUT2D eigenvalue weighted by molar-refractivity contribution is -0.384. The zero-order chi connectivity index (χ0) is 23.1. The first-order chi connectivity index (χ1) is 15.4. The van der Waals surface area contributed by atoms with Gasteiger partial charge in [0, 0.05) is 17.8 Å². The molecule has 0 atom stereocenters. The second-order valence-corrected chi connectivity index (χ2v) is 7.16. The molecule has 0 aliphatic heterocycles. The SMILES string of the molecule is Cc1cccc(NC(=O)/C(C#N)=C\c2cccc(OCc3ccc([N+](=O)[O-])cc3)c2)c1C. The molecule has 1 N–H and O–H groups in total. The zero-order valence-electron chi connectivity index (χ0n) is 17.7. The highest BCUT2D eigenvalue weighted by Gasteiger charge is 2.12. The molecule has 0 radical (unpaired) electrons. The summed E-state index contributed by atoms with van der Waals surface area (Å²) in [5.41, 5.74) is 4.06. The minimum absolute atomic E-state index is 0.0176. The second kappa shape index (κ2) is 10.0. The monoisotopic (exact) mass is 427 g/mol. The highest BCUT2D eigenvalue weighted by Crippen LogP contribution is 2.21. The number of benzene rings is 3. The molecule has 0 fully saturated rings. The molecule has 0 aliphatic carbocycles. The Hall–Kier alpha value is -4.44. The topological polar surface area (TPSA) is 105 Å². The van der Waals surface area contributed by atoms with Gasteiger partial charge in [0.25, 0.3) is 11.6 Å². The highest BCUT2D eigenvalue weighted by molar-refractivity contribution is 6.10. The summed E-state index contributed by atoms with van der Waals surface area (Å²) in [6.07, 6.45) is 1.50. The number of amides is 1. The van der Waals surface area contributed by atoms with E-state index in [2.05, 4.69) is 5.32 Å². The molecule has 1 amide bonds. The lowest BCUT2D eigenvalue weighted by atomic mass is 10.1. The number of carbonyl (C=O) groups excluding carboxylic acids is 1. The molecule has 32 heavy (non-hydrogen) atoms. The summed E-state index contributed by atoms with van der Waals surface area (Å²) in [6.45, 7) is 4.09. The Bertz CT molecular complexity index is 1220. The van der Waals surface area contributed by atoms with Gasteiger partial charge in [0.2, 0.25) is 0 Å². The van der Waals surface area contributed by atoms with E-state index in [0.29, 0.717) is 17.0 Å². The van der Waals surface area contributed by atoms with Crippen molar-refractivity contribution in [1.82, 2.24) is 0 Å². The number of anilines is 1. The molecule has 0 unspecified atom stereocenters. The fraction of sp³-hybridized carbons (Fsp3) is 0.120. The van der Waals surface area contributed by atoms with Crippen LogP contribution >= 0.6 is 0 Å². The van der Waals surface area contributed by atoms with Crippen LogP contribution in [0.5, 0.6) is 5.75 Å². The lowest BCUT2D eigenvalue weighted by Gasteiger charge is -2.10. The number of rotatable bonds is 7. The van der Waals surface area contributed by atoms with Gasteiger partial charge >= 0.3 is 0 Å². The van der Waals surface area contributed by atoms with Gasteiger partial charge in [-0.25, -0.2) is 0 Å². The first-order valence-electron chi connectivity index (χ1n) is 9.83. The van der Waals surface area contributed by atoms with Gasteiger partial charge in [0.1, 0.15) is 24.0 Å².